The third kappa shape index (κ3) is 3.34. The Morgan fingerprint density at radius 3 is 2.67 bits per heavy atom. The van der Waals surface area contributed by atoms with E-state index in [1.807, 2.05) is 18.2 Å². The number of hydrogen-bond acceptors (Lipinski definition) is 3. The highest BCUT2D eigenvalue weighted by Crippen LogP contribution is 2.19. The van der Waals surface area contributed by atoms with Gasteiger partial charge in [-0.3, -0.25) is 4.79 Å². The van der Waals surface area contributed by atoms with Gasteiger partial charge in [-0.2, -0.15) is 0 Å². The maximum atomic E-state index is 12.3. The van der Waals surface area contributed by atoms with Crippen LogP contribution in [0.1, 0.15) is 24.0 Å². The van der Waals surface area contributed by atoms with Gasteiger partial charge in [-0.05, 0) is 30.4 Å². The number of carboxylic acid groups (broad SMARTS) is 1. The van der Waals surface area contributed by atoms with Crippen molar-refractivity contribution in [3.63, 3.8) is 0 Å². The summed E-state index contributed by atoms with van der Waals surface area (Å²) in [4.78, 5) is 38.6. The van der Waals surface area contributed by atoms with Crippen LogP contribution in [0.25, 0.3) is 0 Å². The molecule has 0 saturated carbocycles. The van der Waals surface area contributed by atoms with E-state index >= 15 is 0 Å². The average Bonchev–Trinajstić information content (AvgIpc) is 3.09. The van der Waals surface area contributed by atoms with Crippen molar-refractivity contribution < 1.29 is 19.5 Å². The van der Waals surface area contributed by atoms with E-state index in [0.717, 1.165) is 12.0 Å². The van der Waals surface area contributed by atoms with E-state index in [9.17, 15) is 14.4 Å². The quantitative estimate of drug-likeness (QED) is 0.858. The number of carbonyl (C=O) groups excluding carboxylic acids is 2. The van der Waals surface area contributed by atoms with E-state index in [0.29, 0.717) is 32.5 Å². The molecule has 1 aromatic carbocycles. The molecule has 1 saturated heterocycles. The summed E-state index contributed by atoms with van der Waals surface area (Å²) >= 11 is 0. The second-order valence-electron chi connectivity index (χ2n) is 6.18. The highest BCUT2D eigenvalue weighted by molar-refractivity contribution is 5.88. The minimum atomic E-state index is -0.986. The first-order valence-electron chi connectivity index (χ1n) is 8.18. The summed E-state index contributed by atoms with van der Waals surface area (Å²) in [6.45, 7) is 1.40. The molecule has 24 heavy (non-hydrogen) atoms. The van der Waals surface area contributed by atoms with Gasteiger partial charge in [-0.15, -0.1) is 0 Å². The Hall–Kier alpha value is -2.57. The van der Waals surface area contributed by atoms with Gasteiger partial charge in [-0.25, -0.2) is 9.59 Å². The topological polar surface area (TPSA) is 90.0 Å². The van der Waals surface area contributed by atoms with Crippen LogP contribution in [0, 0.1) is 0 Å². The third-order valence-corrected chi connectivity index (χ3v) is 4.67. The van der Waals surface area contributed by atoms with Crippen molar-refractivity contribution in [1.82, 2.24) is 15.1 Å². The number of nitrogens with zero attached hydrogens (tertiary/aromatic N) is 2. The summed E-state index contributed by atoms with van der Waals surface area (Å²) in [6, 6.07) is 6.95. The molecule has 0 aliphatic carbocycles. The molecule has 7 heteroatoms. The van der Waals surface area contributed by atoms with Crippen LogP contribution in [-0.2, 0) is 22.6 Å². The first-order valence-corrected chi connectivity index (χ1v) is 8.18. The highest BCUT2D eigenvalue weighted by Gasteiger charge is 2.34. The lowest BCUT2D eigenvalue weighted by atomic mass is 10.0. The molecule has 2 heterocycles. The Labute approximate surface area is 140 Å². The van der Waals surface area contributed by atoms with Gasteiger partial charge < -0.3 is 20.2 Å². The number of benzene rings is 1. The number of aliphatic carboxylic acids is 1. The Kier molecular flexibility index (Phi) is 4.69. The van der Waals surface area contributed by atoms with Crippen molar-refractivity contribution in [2.24, 2.45) is 0 Å². The summed E-state index contributed by atoms with van der Waals surface area (Å²) in [7, 11) is 0. The van der Waals surface area contributed by atoms with Crippen LogP contribution in [0.3, 0.4) is 0 Å². The number of carboxylic acids is 1. The Morgan fingerprint density at radius 2 is 1.92 bits per heavy atom. The van der Waals surface area contributed by atoms with Gasteiger partial charge in [0.2, 0.25) is 5.91 Å². The molecule has 3 rings (SSSR count). The number of amides is 3. The molecule has 2 aliphatic rings. The Bertz CT molecular complexity index is 661. The molecule has 1 atom stereocenters. The zero-order chi connectivity index (χ0) is 17.1. The highest BCUT2D eigenvalue weighted by atomic mass is 16.4. The molecule has 1 aromatic rings. The van der Waals surface area contributed by atoms with Crippen LogP contribution in [-0.4, -0.2) is 58.5 Å². The summed E-state index contributed by atoms with van der Waals surface area (Å²) in [5.74, 6) is -1.33. The number of nitrogens with one attached hydrogen (secondary N) is 1. The van der Waals surface area contributed by atoms with Crippen molar-refractivity contribution in [2.45, 2.75) is 31.8 Å². The molecule has 3 amide bonds. The SMILES string of the molecule is O=C(O)[C@H]1CCCN1C(=O)CNC(=O)N1CCc2ccccc2C1. The van der Waals surface area contributed by atoms with Gasteiger partial charge in [-0.1, -0.05) is 24.3 Å². The molecule has 0 radical (unpaired) electrons. The lowest BCUT2D eigenvalue weighted by Crippen LogP contribution is -2.49. The summed E-state index contributed by atoms with van der Waals surface area (Å²) in [5.41, 5.74) is 2.37. The first-order chi connectivity index (χ1) is 11.6. The van der Waals surface area contributed by atoms with Gasteiger partial charge in [0.15, 0.2) is 0 Å². The lowest BCUT2D eigenvalue weighted by Gasteiger charge is -2.29. The van der Waals surface area contributed by atoms with Crippen LogP contribution in [0.4, 0.5) is 4.79 Å². The van der Waals surface area contributed by atoms with Crippen molar-refractivity contribution >= 4 is 17.9 Å². The molecule has 1 fully saturated rings. The number of urea groups is 1. The molecule has 0 aromatic heterocycles. The van der Waals surface area contributed by atoms with Crippen LogP contribution >= 0.6 is 0 Å². The largest absolute Gasteiger partial charge is 0.480 e. The second kappa shape index (κ2) is 6.90. The van der Waals surface area contributed by atoms with Gasteiger partial charge in [0.25, 0.3) is 0 Å². The minimum absolute atomic E-state index is 0.166. The normalized spacial score (nSPS) is 19.8. The summed E-state index contributed by atoms with van der Waals surface area (Å²) in [6.07, 6.45) is 1.95. The molecule has 128 valence electrons. The predicted octanol–water partition coefficient (Wildman–Crippen LogP) is 0.830. The molecular formula is C17H21N3O4. The standard InChI is InChI=1S/C17H21N3O4/c21-15(20-8-3-6-14(20)16(22)23)10-18-17(24)19-9-7-12-4-1-2-5-13(12)11-19/h1-2,4-5,14H,3,6-11H2,(H,18,24)(H,22,23)/t14-/m1/s1. The first kappa shape index (κ1) is 16.3. The van der Waals surface area contributed by atoms with E-state index in [1.54, 1.807) is 4.90 Å². The van der Waals surface area contributed by atoms with Crippen molar-refractivity contribution in [3.05, 3.63) is 35.4 Å². The maximum Gasteiger partial charge on any atom is 0.326 e. The maximum absolute atomic E-state index is 12.3. The van der Waals surface area contributed by atoms with Crippen molar-refractivity contribution in [3.8, 4) is 0 Å². The van der Waals surface area contributed by atoms with Gasteiger partial charge in [0.1, 0.15) is 6.04 Å². The molecule has 0 spiro atoms. The zero-order valence-corrected chi connectivity index (χ0v) is 13.4. The van der Waals surface area contributed by atoms with Crippen molar-refractivity contribution in [2.75, 3.05) is 19.6 Å². The molecular weight excluding hydrogens is 310 g/mol. The number of hydrogen-bond donors (Lipinski definition) is 2. The van der Waals surface area contributed by atoms with Crippen LogP contribution < -0.4 is 5.32 Å². The summed E-state index contributed by atoms with van der Waals surface area (Å²) in [5, 5.41) is 11.7. The molecule has 0 unspecified atom stereocenters. The fraction of sp³-hybridized carbons (Fsp3) is 0.471. The van der Waals surface area contributed by atoms with Gasteiger partial charge in [0, 0.05) is 19.6 Å². The molecule has 0 bridgehead atoms. The van der Waals surface area contributed by atoms with E-state index in [4.69, 9.17) is 5.11 Å². The summed E-state index contributed by atoms with van der Waals surface area (Å²) < 4.78 is 0. The second-order valence-corrected chi connectivity index (χ2v) is 6.18. The van der Waals surface area contributed by atoms with E-state index in [2.05, 4.69) is 11.4 Å². The van der Waals surface area contributed by atoms with E-state index < -0.39 is 12.0 Å². The van der Waals surface area contributed by atoms with Gasteiger partial charge in [0.05, 0.1) is 6.54 Å². The lowest BCUT2D eigenvalue weighted by molar-refractivity contribution is -0.147. The number of fused-ring (bicyclic) bond motifs is 1. The minimum Gasteiger partial charge on any atom is -0.480 e. The monoisotopic (exact) mass is 331 g/mol. The predicted molar refractivity (Wildman–Crippen MR) is 86.3 cm³/mol. The Morgan fingerprint density at radius 1 is 1.17 bits per heavy atom. The molecule has 7 nitrogen and oxygen atoms in total. The van der Waals surface area contributed by atoms with E-state index in [-0.39, 0.29) is 18.5 Å². The van der Waals surface area contributed by atoms with Crippen LogP contribution in [0.15, 0.2) is 24.3 Å². The number of carbonyl (C=O) groups is 3. The average molecular weight is 331 g/mol. The van der Waals surface area contributed by atoms with Crippen molar-refractivity contribution in [1.29, 1.82) is 0 Å². The molecule has 2 N–H and O–H groups in total. The Balaban J connectivity index is 1.53. The fourth-order valence-electron chi connectivity index (χ4n) is 3.36. The molecule has 2 aliphatic heterocycles. The third-order valence-electron chi connectivity index (χ3n) is 4.67. The zero-order valence-electron chi connectivity index (χ0n) is 13.4. The number of likely N-dealkylation sites (tertiary alicyclic amines) is 1. The van der Waals surface area contributed by atoms with Crippen LogP contribution in [0.5, 0.6) is 0 Å². The smallest absolute Gasteiger partial charge is 0.326 e. The fourth-order valence-corrected chi connectivity index (χ4v) is 3.36. The van der Waals surface area contributed by atoms with E-state index in [1.165, 1.54) is 10.5 Å². The van der Waals surface area contributed by atoms with Gasteiger partial charge >= 0.3 is 12.0 Å². The number of rotatable bonds is 3. The van der Waals surface area contributed by atoms with Crippen LogP contribution in [0.2, 0.25) is 0 Å².